The van der Waals surface area contributed by atoms with Crippen LogP contribution >= 0.6 is 0 Å². The van der Waals surface area contributed by atoms with Crippen LogP contribution < -0.4 is 15.0 Å². The number of hydrogen-bond acceptors (Lipinski definition) is 6. The Labute approximate surface area is 144 Å². The summed E-state index contributed by atoms with van der Waals surface area (Å²) >= 11 is 0. The Bertz CT molecular complexity index is 731. The van der Waals surface area contributed by atoms with Gasteiger partial charge in [-0.1, -0.05) is 0 Å². The van der Waals surface area contributed by atoms with Gasteiger partial charge in [-0.25, -0.2) is 0 Å². The number of benzene rings is 1. The first-order valence-corrected chi connectivity index (χ1v) is 7.78. The molecule has 0 saturated carbocycles. The number of hydrogen-bond donors (Lipinski definition) is 1. The molecule has 1 aliphatic heterocycles. The summed E-state index contributed by atoms with van der Waals surface area (Å²) in [6.07, 6.45) is 0.465. The van der Waals surface area contributed by atoms with Crippen LogP contribution in [0.15, 0.2) is 12.1 Å². The van der Waals surface area contributed by atoms with E-state index in [1.54, 1.807) is 0 Å². The summed E-state index contributed by atoms with van der Waals surface area (Å²) in [7, 11) is 1.47. The second-order valence-electron chi connectivity index (χ2n) is 5.63. The Morgan fingerprint density at radius 3 is 2.64 bits per heavy atom. The number of fused-ring (bicyclic) bond motifs is 1. The fourth-order valence-electron chi connectivity index (χ4n) is 2.65. The molecule has 9 heteroatoms. The van der Waals surface area contributed by atoms with Crippen molar-refractivity contribution in [2.75, 3.05) is 25.1 Å². The number of amides is 2. The second-order valence-corrected chi connectivity index (χ2v) is 5.63. The molecule has 1 heterocycles. The van der Waals surface area contributed by atoms with Crippen LogP contribution in [0, 0.1) is 10.1 Å². The molecule has 0 fully saturated rings. The summed E-state index contributed by atoms with van der Waals surface area (Å²) < 4.78 is 5.44. The van der Waals surface area contributed by atoms with Crippen molar-refractivity contribution in [2.24, 2.45) is 0 Å². The second kappa shape index (κ2) is 7.73. The van der Waals surface area contributed by atoms with Crippen LogP contribution in [0.4, 0.5) is 11.4 Å². The zero-order valence-electron chi connectivity index (χ0n) is 14.0. The van der Waals surface area contributed by atoms with Crippen molar-refractivity contribution in [1.82, 2.24) is 5.32 Å². The van der Waals surface area contributed by atoms with Crippen molar-refractivity contribution in [1.29, 1.82) is 0 Å². The number of rotatable bonds is 7. The lowest BCUT2D eigenvalue weighted by molar-refractivity contribution is -0.384. The van der Waals surface area contributed by atoms with E-state index in [0.29, 0.717) is 17.7 Å². The summed E-state index contributed by atoms with van der Waals surface area (Å²) in [6, 6.07) is 2.69. The average Bonchev–Trinajstić information content (AvgIpc) is 3.02. The predicted octanol–water partition coefficient (Wildman–Crippen LogP) is 0.978. The fourth-order valence-corrected chi connectivity index (χ4v) is 2.65. The van der Waals surface area contributed by atoms with Crippen LogP contribution in [0.2, 0.25) is 0 Å². The molecule has 1 N–H and O–H groups in total. The molecule has 0 bridgehead atoms. The quantitative estimate of drug-likeness (QED) is 0.579. The first-order valence-electron chi connectivity index (χ1n) is 7.78. The van der Waals surface area contributed by atoms with E-state index in [4.69, 9.17) is 4.74 Å². The Kier molecular flexibility index (Phi) is 5.68. The number of ether oxygens (including phenoxy) is 1. The fraction of sp³-hybridized carbons (Fsp3) is 0.438. The third kappa shape index (κ3) is 4.11. The molecule has 25 heavy (non-hydrogen) atoms. The molecule has 1 aromatic carbocycles. The van der Waals surface area contributed by atoms with Gasteiger partial charge in [0.15, 0.2) is 6.61 Å². The van der Waals surface area contributed by atoms with E-state index in [2.05, 4.69) is 5.32 Å². The zero-order chi connectivity index (χ0) is 18.6. The van der Waals surface area contributed by atoms with Crippen LogP contribution in [0.25, 0.3) is 0 Å². The van der Waals surface area contributed by atoms with Crippen LogP contribution in [0.1, 0.15) is 25.3 Å². The first kappa shape index (κ1) is 18.4. The lowest BCUT2D eigenvalue weighted by Crippen LogP contribution is -2.29. The number of nitro benzene ring substituents is 1. The highest BCUT2D eigenvalue weighted by molar-refractivity contribution is 6.00. The van der Waals surface area contributed by atoms with E-state index in [9.17, 15) is 24.5 Å². The minimum Gasteiger partial charge on any atom is -0.483 e. The van der Waals surface area contributed by atoms with Gasteiger partial charge in [0.25, 0.3) is 11.6 Å². The number of carbonyl (C=O) groups is 3. The minimum atomic E-state index is -0.558. The van der Waals surface area contributed by atoms with Crippen molar-refractivity contribution in [3.63, 3.8) is 0 Å². The molecular weight excluding hydrogens is 330 g/mol. The van der Waals surface area contributed by atoms with Crippen molar-refractivity contribution < 1.29 is 24.0 Å². The van der Waals surface area contributed by atoms with Crippen LogP contribution in [-0.4, -0.2) is 42.7 Å². The number of ketones is 1. The molecule has 0 saturated heterocycles. The molecule has 2 rings (SSSR count). The summed E-state index contributed by atoms with van der Waals surface area (Å²) in [6.45, 7) is 1.44. The van der Waals surface area contributed by atoms with Crippen LogP contribution in [-0.2, 0) is 20.8 Å². The van der Waals surface area contributed by atoms with E-state index < -0.39 is 4.92 Å². The minimum absolute atomic E-state index is 0.00471. The van der Waals surface area contributed by atoms with E-state index in [0.717, 1.165) is 0 Å². The number of anilines is 1. The highest BCUT2D eigenvalue weighted by Crippen LogP contribution is 2.42. The van der Waals surface area contributed by atoms with E-state index in [1.807, 2.05) is 0 Å². The Morgan fingerprint density at radius 2 is 2.04 bits per heavy atom. The average molecular weight is 349 g/mol. The molecule has 0 unspecified atom stereocenters. The number of nitrogens with zero attached hydrogens (tertiary/aromatic N) is 2. The molecule has 0 radical (unpaired) electrons. The largest absolute Gasteiger partial charge is 0.483 e. The van der Waals surface area contributed by atoms with Gasteiger partial charge in [0.05, 0.1) is 4.92 Å². The lowest BCUT2D eigenvalue weighted by Gasteiger charge is -2.17. The van der Waals surface area contributed by atoms with E-state index in [1.165, 1.54) is 31.0 Å². The van der Waals surface area contributed by atoms with Gasteiger partial charge in [-0.3, -0.25) is 19.7 Å². The topological polar surface area (TPSA) is 119 Å². The predicted molar refractivity (Wildman–Crippen MR) is 88.6 cm³/mol. The normalized spacial score (nSPS) is 12.5. The van der Waals surface area contributed by atoms with Gasteiger partial charge in [-0.15, -0.1) is 0 Å². The maximum absolute atomic E-state index is 12.4. The van der Waals surface area contributed by atoms with Gasteiger partial charge in [0.2, 0.25) is 5.91 Å². The standard InChI is InChI=1S/C16H19N3O6/c1-10(20)3-6-15(22)18-8-7-11-13(25-9-14(21)17-2)5-4-12(16(11)18)19(23)24/h4-5H,3,6-9H2,1-2H3,(H,17,21). The Balaban J connectivity index is 2.33. The Morgan fingerprint density at radius 1 is 1.32 bits per heavy atom. The van der Waals surface area contributed by atoms with E-state index in [-0.39, 0.29) is 55.0 Å². The molecule has 9 nitrogen and oxygen atoms in total. The monoisotopic (exact) mass is 349 g/mol. The summed E-state index contributed by atoms with van der Waals surface area (Å²) in [5, 5.41) is 13.7. The molecule has 134 valence electrons. The maximum Gasteiger partial charge on any atom is 0.293 e. The summed E-state index contributed by atoms with van der Waals surface area (Å²) in [4.78, 5) is 46.9. The van der Waals surface area contributed by atoms with Gasteiger partial charge < -0.3 is 19.7 Å². The van der Waals surface area contributed by atoms with E-state index >= 15 is 0 Å². The van der Waals surface area contributed by atoms with Gasteiger partial charge in [0.1, 0.15) is 17.2 Å². The molecule has 0 aromatic heterocycles. The van der Waals surface area contributed by atoms with Gasteiger partial charge in [-0.05, 0) is 19.4 Å². The number of likely N-dealkylation sites (N-methyl/N-ethyl adjacent to an activating group) is 1. The third-order valence-corrected chi connectivity index (χ3v) is 3.90. The molecular formula is C16H19N3O6. The molecule has 1 aliphatic rings. The number of carbonyl (C=O) groups excluding carboxylic acids is 3. The molecule has 1 aromatic rings. The lowest BCUT2D eigenvalue weighted by atomic mass is 10.1. The summed E-state index contributed by atoms with van der Waals surface area (Å²) in [5.41, 5.74) is 0.512. The smallest absolute Gasteiger partial charge is 0.293 e. The Hall–Kier alpha value is -2.97. The third-order valence-electron chi connectivity index (χ3n) is 3.90. The zero-order valence-corrected chi connectivity index (χ0v) is 14.0. The SMILES string of the molecule is CNC(=O)COc1ccc([N+](=O)[O-])c2c1CCN2C(=O)CCC(C)=O. The summed E-state index contributed by atoms with van der Waals surface area (Å²) in [5.74, 6) is -0.462. The van der Waals surface area contributed by atoms with Gasteiger partial charge in [0, 0.05) is 38.1 Å². The molecule has 0 atom stereocenters. The van der Waals surface area contributed by atoms with Crippen molar-refractivity contribution in [3.05, 3.63) is 27.8 Å². The molecule has 2 amide bonds. The first-order chi connectivity index (χ1) is 11.8. The highest BCUT2D eigenvalue weighted by atomic mass is 16.6. The number of nitrogens with one attached hydrogen (secondary N) is 1. The van der Waals surface area contributed by atoms with Crippen LogP contribution in [0.5, 0.6) is 5.75 Å². The van der Waals surface area contributed by atoms with Crippen molar-refractivity contribution >= 4 is 29.0 Å². The van der Waals surface area contributed by atoms with Gasteiger partial charge >= 0.3 is 0 Å². The maximum atomic E-state index is 12.4. The number of nitro groups is 1. The molecule has 0 spiro atoms. The van der Waals surface area contributed by atoms with Gasteiger partial charge in [-0.2, -0.15) is 0 Å². The highest BCUT2D eigenvalue weighted by Gasteiger charge is 2.34. The van der Waals surface area contributed by atoms with Crippen LogP contribution in [0.3, 0.4) is 0 Å². The van der Waals surface area contributed by atoms with Crippen molar-refractivity contribution in [2.45, 2.75) is 26.2 Å². The molecule has 0 aliphatic carbocycles. The van der Waals surface area contributed by atoms with Crippen molar-refractivity contribution in [3.8, 4) is 5.75 Å². The number of Topliss-reactive ketones (excluding diaryl/α,β-unsaturated/α-hetero) is 1.